The van der Waals surface area contributed by atoms with Crippen molar-refractivity contribution in [2.45, 2.75) is 49.1 Å². The maximum atomic E-state index is 11.7. The Kier molecular flexibility index (Phi) is 6.45. The van der Waals surface area contributed by atoms with E-state index in [-0.39, 0.29) is 11.5 Å². The zero-order chi connectivity index (χ0) is 21.3. The monoisotopic (exact) mass is 417 g/mol. The molecular formula is C15H23N5O9. The standard InChI is InChI=1S/C15H23N5O9/c16-12(27)7-13(17-3-18-14-10(25)8(23)5(1-21)28-14)20(4-19-7)15-11(26)9(24)6(2-22)29-15/h3-6,8-11,14-15,21-26H,1-2H2,(H2,16,27)(H,17,18)/t5-,6-,8-,9-,10-,11-,14-,15-/m1/s1. The number of rotatable bonds is 7. The number of aliphatic hydroxyl groups is 6. The second kappa shape index (κ2) is 8.68. The Bertz CT molecular complexity index is 759. The fourth-order valence-corrected chi connectivity index (χ4v) is 3.16. The normalized spacial score (nSPS) is 37.4. The Balaban J connectivity index is 1.80. The lowest BCUT2D eigenvalue weighted by Gasteiger charge is -2.19. The number of hydrogen-bond donors (Lipinski definition) is 8. The number of anilines is 1. The molecule has 1 amide bonds. The van der Waals surface area contributed by atoms with Crippen molar-refractivity contribution >= 4 is 18.1 Å². The van der Waals surface area contributed by atoms with Crippen LogP contribution in [0.15, 0.2) is 11.3 Å². The van der Waals surface area contributed by atoms with Crippen LogP contribution in [0.4, 0.5) is 5.82 Å². The van der Waals surface area contributed by atoms with Gasteiger partial charge in [0.2, 0.25) is 0 Å². The SMILES string of the molecule is NC(=O)c1ncn([C@@H]2O[C@H](CO)[C@@H](O)[C@H]2O)c1N/C=N/[C@@H]1O[C@H](CO)[C@@H](O)[C@H]1O. The van der Waals surface area contributed by atoms with Crippen molar-refractivity contribution in [3.05, 3.63) is 12.0 Å². The zero-order valence-corrected chi connectivity index (χ0v) is 15.0. The van der Waals surface area contributed by atoms with Gasteiger partial charge in [-0.15, -0.1) is 0 Å². The van der Waals surface area contributed by atoms with E-state index >= 15 is 0 Å². The lowest BCUT2D eigenvalue weighted by Crippen LogP contribution is -2.33. The maximum Gasteiger partial charge on any atom is 0.271 e. The second-order valence-corrected chi connectivity index (χ2v) is 6.59. The molecule has 0 radical (unpaired) electrons. The Labute approximate surface area is 163 Å². The summed E-state index contributed by atoms with van der Waals surface area (Å²) in [6.45, 7) is -1.05. The van der Waals surface area contributed by atoms with E-state index < -0.39 is 68.2 Å². The van der Waals surface area contributed by atoms with Crippen molar-refractivity contribution < 1.29 is 44.9 Å². The number of ether oxygens (including phenoxy) is 2. The number of nitrogens with two attached hydrogens (primary N) is 1. The van der Waals surface area contributed by atoms with Gasteiger partial charge in [0.05, 0.1) is 25.9 Å². The molecule has 9 N–H and O–H groups in total. The number of aliphatic imine (C=N–C) groups is 1. The third-order valence-corrected chi connectivity index (χ3v) is 4.76. The summed E-state index contributed by atoms with van der Waals surface area (Å²) in [5.41, 5.74) is 5.07. The number of nitrogens with zero attached hydrogens (tertiary/aromatic N) is 3. The highest BCUT2D eigenvalue weighted by molar-refractivity contribution is 5.97. The largest absolute Gasteiger partial charge is 0.394 e. The Morgan fingerprint density at radius 2 is 1.76 bits per heavy atom. The molecule has 0 bridgehead atoms. The lowest BCUT2D eigenvalue weighted by atomic mass is 10.1. The minimum atomic E-state index is -1.43. The first-order valence-corrected chi connectivity index (χ1v) is 8.69. The van der Waals surface area contributed by atoms with E-state index in [0.29, 0.717) is 0 Å². The van der Waals surface area contributed by atoms with Crippen LogP contribution in [0.1, 0.15) is 16.7 Å². The zero-order valence-electron chi connectivity index (χ0n) is 15.0. The highest BCUT2D eigenvalue weighted by atomic mass is 16.6. The average molecular weight is 417 g/mol. The molecule has 14 heteroatoms. The van der Waals surface area contributed by atoms with Gasteiger partial charge in [0, 0.05) is 0 Å². The predicted octanol–water partition coefficient (Wildman–Crippen LogP) is -4.53. The fourth-order valence-electron chi connectivity index (χ4n) is 3.16. The molecule has 29 heavy (non-hydrogen) atoms. The minimum Gasteiger partial charge on any atom is -0.394 e. The first-order valence-electron chi connectivity index (χ1n) is 8.69. The summed E-state index contributed by atoms with van der Waals surface area (Å²) < 4.78 is 11.8. The van der Waals surface area contributed by atoms with E-state index in [2.05, 4.69) is 15.3 Å². The Morgan fingerprint density at radius 1 is 1.14 bits per heavy atom. The highest BCUT2D eigenvalue weighted by Crippen LogP contribution is 2.32. The van der Waals surface area contributed by atoms with Gasteiger partial charge in [0.25, 0.3) is 5.91 Å². The van der Waals surface area contributed by atoms with E-state index in [0.717, 1.165) is 12.7 Å². The molecule has 2 fully saturated rings. The number of carbonyl (C=O) groups excluding carboxylic acids is 1. The number of carbonyl (C=O) groups is 1. The molecule has 162 valence electrons. The van der Waals surface area contributed by atoms with E-state index in [1.54, 1.807) is 0 Å². The molecule has 3 heterocycles. The van der Waals surface area contributed by atoms with Crippen LogP contribution in [0.25, 0.3) is 0 Å². The first kappa shape index (κ1) is 21.5. The summed E-state index contributed by atoms with van der Waals surface area (Å²) >= 11 is 0. The average Bonchev–Trinajstić information content (AvgIpc) is 3.32. The summed E-state index contributed by atoms with van der Waals surface area (Å²) in [7, 11) is 0. The van der Waals surface area contributed by atoms with Crippen LogP contribution < -0.4 is 11.1 Å². The van der Waals surface area contributed by atoms with Crippen molar-refractivity contribution in [3.63, 3.8) is 0 Å². The van der Waals surface area contributed by atoms with Gasteiger partial charge in [0.15, 0.2) is 18.1 Å². The molecule has 2 aliphatic heterocycles. The summed E-state index contributed by atoms with van der Waals surface area (Å²) in [6, 6.07) is 0. The number of imidazole rings is 1. The molecule has 0 aliphatic carbocycles. The maximum absolute atomic E-state index is 11.7. The number of aliphatic hydroxyl groups excluding tert-OH is 6. The van der Waals surface area contributed by atoms with Crippen molar-refractivity contribution in [1.82, 2.24) is 9.55 Å². The van der Waals surface area contributed by atoms with E-state index in [1.165, 1.54) is 4.57 Å². The van der Waals surface area contributed by atoms with Gasteiger partial charge >= 0.3 is 0 Å². The second-order valence-electron chi connectivity index (χ2n) is 6.59. The lowest BCUT2D eigenvalue weighted by molar-refractivity contribution is -0.0518. The van der Waals surface area contributed by atoms with E-state index in [4.69, 9.17) is 20.3 Å². The van der Waals surface area contributed by atoms with Crippen LogP contribution in [-0.4, -0.2) is 109 Å². The summed E-state index contributed by atoms with van der Waals surface area (Å²) in [5.74, 6) is -0.942. The third-order valence-electron chi connectivity index (χ3n) is 4.76. The summed E-state index contributed by atoms with van der Waals surface area (Å²) in [5, 5.41) is 60.6. The van der Waals surface area contributed by atoms with Gasteiger partial charge in [-0.1, -0.05) is 0 Å². The number of hydrogen-bond acceptors (Lipinski definition) is 11. The van der Waals surface area contributed by atoms with Gasteiger partial charge in [-0.2, -0.15) is 0 Å². The molecular weight excluding hydrogens is 394 g/mol. The number of nitrogens with one attached hydrogen (secondary N) is 1. The first-order chi connectivity index (χ1) is 13.8. The highest BCUT2D eigenvalue weighted by Gasteiger charge is 2.45. The molecule has 0 saturated carbocycles. The number of primary amides is 1. The van der Waals surface area contributed by atoms with Crippen molar-refractivity contribution in [3.8, 4) is 0 Å². The Morgan fingerprint density at radius 3 is 2.31 bits per heavy atom. The molecule has 2 saturated heterocycles. The number of amides is 1. The molecule has 0 spiro atoms. The Hall–Kier alpha value is -2.17. The van der Waals surface area contributed by atoms with Gasteiger partial charge in [-0.3, -0.25) is 9.36 Å². The van der Waals surface area contributed by atoms with Crippen LogP contribution in [0.5, 0.6) is 0 Å². The van der Waals surface area contributed by atoms with Crippen LogP contribution in [0.3, 0.4) is 0 Å². The summed E-state index contributed by atoms with van der Waals surface area (Å²) in [4.78, 5) is 19.4. The third kappa shape index (κ3) is 3.96. The molecule has 0 unspecified atom stereocenters. The van der Waals surface area contributed by atoms with E-state index in [1.807, 2.05) is 0 Å². The minimum absolute atomic E-state index is 0.0390. The molecule has 1 aromatic rings. The molecule has 0 aromatic carbocycles. The molecule has 3 rings (SSSR count). The van der Waals surface area contributed by atoms with Crippen LogP contribution in [-0.2, 0) is 9.47 Å². The predicted molar refractivity (Wildman–Crippen MR) is 93.6 cm³/mol. The van der Waals surface area contributed by atoms with Crippen LogP contribution in [0.2, 0.25) is 0 Å². The topological polar surface area (TPSA) is 225 Å². The van der Waals surface area contributed by atoms with Gasteiger partial charge in [-0.05, 0) is 0 Å². The van der Waals surface area contributed by atoms with Gasteiger partial charge < -0.3 is 51.2 Å². The summed E-state index contributed by atoms with van der Waals surface area (Å²) in [6.07, 6.45) is -7.74. The molecule has 2 aliphatic rings. The molecule has 8 atom stereocenters. The fraction of sp³-hybridized carbons (Fsp3) is 0.667. The van der Waals surface area contributed by atoms with E-state index in [9.17, 15) is 30.3 Å². The van der Waals surface area contributed by atoms with Crippen molar-refractivity contribution in [1.29, 1.82) is 0 Å². The van der Waals surface area contributed by atoms with Gasteiger partial charge in [0.1, 0.15) is 42.4 Å². The van der Waals surface area contributed by atoms with Crippen LogP contribution in [0, 0.1) is 0 Å². The smallest absolute Gasteiger partial charge is 0.271 e. The van der Waals surface area contributed by atoms with Crippen LogP contribution >= 0.6 is 0 Å². The van der Waals surface area contributed by atoms with Crippen molar-refractivity contribution in [2.75, 3.05) is 18.5 Å². The molecule has 1 aromatic heterocycles. The number of aromatic nitrogens is 2. The van der Waals surface area contributed by atoms with Gasteiger partial charge in [-0.25, -0.2) is 9.98 Å². The molecule has 14 nitrogen and oxygen atoms in total. The van der Waals surface area contributed by atoms with Crippen molar-refractivity contribution in [2.24, 2.45) is 10.7 Å². The quantitative estimate of drug-likeness (QED) is 0.156.